The number of carbonyl (C=O) groups excluding carboxylic acids is 6. The summed E-state index contributed by atoms with van der Waals surface area (Å²) >= 11 is 3.74. The lowest BCUT2D eigenvalue weighted by atomic mass is 10.0. The Bertz CT molecular complexity index is 4580. The number of fused-ring (bicyclic) bond motifs is 4. The highest BCUT2D eigenvalue weighted by Crippen LogP contribution is 2.45. The number of nitrogens with zero attached hydrogens (tertiary/aromatic N) is 20. The van der Waals surface area contributed by atoms with E-state index in [1.807, 2.05) is 46.0 Å². The molecule has 16 rings (SSSR count). The van der Waals surface area contributed by atoms with E-state index in [0.717, 1.165) is 135 Å². The lowest BCUT2D eigenvalue weighted by Gasteiger charge is -2.43. The van der Waals surface area contributed by atoms with Crippen molar-refractivity contribution in [3.8, 4) is 22.8 Å². The van der Waals surface area contributed by atoms with Crippen LogP contribution in [0.15, 0.2) is 104 Å². The summed E-state index contributed by atoms with van der Waals surface area (Å²) in [5.41, 5.74) is 6.22. The second-order valence-electron chi connectivity index (χ2n) is 28.8. The minimum Gasteiger partial charge on any atom is -0.772 e. The highest BCUT2D eigenvalue weighted by atomic mass is 35.5. The third-order valence-corrected chi connectivity index (χ3v) is 22.7. The topological polar surface area (TPSA) is 339 Å². The summed E-state index contributed by atoms with van der Waals surface area (Å²) in [5.74, 6) is 4.52. The van der Waals surface area contributed by atoms with Crippen LogP contribution < -0.4 is 39.2 Å². The number of amides is 4. The molecule has 12 heterocycles. The summed E-state index contributed by atoms with van der Waals surface area (Å²) in [4.78, 5) is 138. The SMILES string of the molecule is CC(=O)c1ccccn1.CC[C@@H]1C(=O)N(C)c2cnc(-c3cn[nH]c3-c3ccccn3)nc2N1C1CCCC1.CC[C@@H]1C(=O)N(C)c2cnc(CC(=O)c3ccccn3)nc2N1C1CCCC1.CC[C@@H]1C(=O)N(C)c2cnc(CS(=O)[O-])nc2N1C1CCCC1.CC[C@@H]1C(=O)N(C)c2cnc(Cl)nc2N1C1CCCC1. The number of rotatable bonds is 16. The van der Waals surface area contributed by atoms with Gasteiger partial charge in [-0.15, -0.1) is 0 Å². The molecule has 8 aromatic heterocycles. The predicted octanol–water partition coefficient (Wildman–Crippen LogP) is 11.5. The van der Waals surface area contributed by atoms with Crippen molar-refractivity contribution in [3.63, 3.8) is 0 Å². The highest BCUT2D eigenvalue weighted by molar-refractivity contribution is 7.78. The quantitative estimate of drug-likeness (QED) is 0.0533. The maximum Gasteiger partial charge on any atom is 0.249 e. The van der Waals surface area contributed by atoms with E-state index in [-0.39, 0.29) is 88.7 Å². The van der Waals surface area contributed by atoms with Gasteiger partial charge in [0.1, 0.15) is 70.0 Å². The van der Waals surface area contributed by atoms with Gasteiger partial charge in [0.05, 0.1) is 60.1 Å². The maximum atomic E-state index is 13.0. The van der Waals surface area contributed by atoms with Crippen LogP contribution in [0.25, 0.3) is 22.8 Å². The van der Waals surface area contributed by atoms with E-state index in [1.54, 1.807) is 127 Å². The molecule has 4 saturated carbocycles. The number of carbonyl (C=O) groups is 6. The fourth-order valence-electron chi connectivity index (χ4n) is 16.5. The molecule has 1 unspecified atom stereocenters. The number of likely N-dealkylation sites (N-methyl/N-ethyl adjacent to an activating group) is 4. The second-order valence-corrected chi connectivity index (χ2v) is 30.0. The first-order valence-corrected chi connectivity index (χ1v) is 40.1. The minimum atomic E-state index is -2.23. The van der Waals surface area contributed by atoms with E-state index in [1.165, 1.54) is 45.4 Å². The van der Waals surface area contributed by atoms with Crippen LogP contribution >= 0.6 is 11.6 Å². The first kappa shape index (κ1) is 79.4. The molecule has 1 N–H and O–H groups in total. The van der Waals surface area contributed by atoms with E-state index in [0.29, 0.717) is 59.1 Å². The number of H-pyrrole nitrogens is 1. The first-order chi connectivity index (χ1) is 53.2. The van der Waals surface area contributed by atoms with Crippen LogP contribution in [-0.4, -0.2) is 186 Å². The van der Waals surface area contributed by atoms with Crippen LogP contribution in [0.2, 0.25) is 5.28 Å². The third-order valence-electron chi connectivity index (χ3n) is 22.1. The van der Waals surface area contributed by atoms with E-state index in [4.69, 9.17) is 21.6 Å². The highest BCUT2D eigenvalue weighted by Gasteiger charge is 2.46. The van der Waals surface area contributed by atoms with Crippen molar-refractivity contribution in [3.05, 3.63) is 132 Å². The third kappa shape index (κ3) is 17.1. The molecule has 0 aromatic carbocycles. The summed E-state index contributed by atoms with van der Waals surface area (Å²) in [6.07, 6.45) is 34.5. The molecule has 0 bridgehead atoms. The summed E-state index contributed by atoms with van der Waals surface area (Å²) in [6, 6.07) is 16.9. The van der Waals surface area contributed by atoms with Crippen LogP contribution in [0.3, 0.4) is 0 Å². The van der Waals surface area contributed by atoms with Crippen LogP contribution in [0.1, 0.15) is 196 Å². The molecule has 580 valence electrons. The second kappa shape index (κ2) is 36.1. The van der Waals surface area contributed by atoms with Gasteiger partial charge in [-0.2, -0.15) is 10.1 Å². The van der Waals surface area contributed by atoms with Crippen molar-refractivity contribution in [2.45, 2.75) is 224 Å². The van der Waals surface area contributed by atoms with Gasteiger partial charge >= 0.3 is 0 Å². The number of ketones is 2. The monoisotopic (exact) mass is 1530 g/mol. The Hall–Kier alpha value is -10.2. The Balaban J connectivity index is 0.000000133. The van der Waals surface area contributed by atoms with Crippen molar-refractivity contribution in [1.29, 1.82) is 0 Å². The zero-order valence-corrected chi connectivity index (χ0v) is 65.6. The Kier molecular flexibility index (Phi) is 26.0. The van der Waals surface area contributed by atoms with Crippen LogP contribution in [0, 0.1) is 0 Å². The summed E-state index contributed by atoms with van der Waals surface area (Å²) in [6.45, 7) is 9.66. The van der Waals surface area contributed by atoms with Gasteiger partial charge in [0.2, 0.25) is 28.9 Å². The molecule has 8 aliphatic rings. The number of halogens is 1. The van der Waals surface area contributed by atoms with Crippen molar-refractivity contribution in [2.75, 3.05) is 67.4 Å². The van der Waals surface area contributed by atoms with E-state index in [2.05, 4.69) is 81.6 Å². The van der Waals surface area contributed by atoms with Gasteiger partial charge in [-0.1, -0.05) is 97.3 Å². The van der Waals surface area contributed by atoms with Crippen molar-refractivity contribution >= 4 is 104 Å². The average molecular weight is 1540 g/mol. The fourth-order valence-corrected chi connectivity index (χ4v) is 16.9. The molecule has 0 radical (unpaired) electrons. The molecule has 110 heavy (non-hydrogen) atoms. The standard InChI is InChI=1S/C22H25N7O.C21H25N5O2.C15H22N4O3S.C14H19ClN4O.C7H7NO/c1-3-17-22(30)28(2)18-13-24-20(26-21(18)29(17)14-8-4-5-9-14)15-12-25-27-19(15)16-10-6-7-11-23-16;1-3-16-21(28)25(2)17-13-23-19(12-18(27)15-10-6-7-11-22-15)24-20(17)26(16)14-8-4-5-9-14;1-3-11-15(20)18(2)12-8-16-13(9-23(21)22)17-14(12)19(11)10-6-4-5-7-10;1-3-10-13(20)18(2)11-8-16-14(15)17-12(11)19(10)9-6-4-5-7-9;1-6(9)7-4-2-3-5-8-7/h6-7,10-14,17H,3-5,8-9H2,1-2H3,(H,25,27);6-7,10-11,13-14,16H,3-5,8-9,12H2,1-2H3;8,10-11H,3-7,9H2,1-2H3,(H,21,22);8-10H,3-7H2,1-2H3;2-5H,1H3/p-1/t17-;16-;11-;10-;/m1111./s1. The van der Waals surface area contributed by atoms with Gasteiger partial charge in [0.25, 0.3) is 0 Å². The summed E-state index contributed by atoms with van der Waals surface area (Å²) < 4.78 is 21.9. The molecule has 4 fully saturated rings. The van der Waals surface area contributed by atoms with Crippen LogP contribution in [0.5, 0.6) is 0 Å². The predicted molar refractivity (Wildman–Crippen MR) is 422 cm³/mol. The lowest BCUT2D eigenvalue weighted by molar-refractivity contribution is -0.120. The maximum absolute atomic E-state index is 13.0. The number of pyridine rings is 3. The molecule has 31 heteroatoms. The Morgan fingerprint density at radius 3 is 1.23 bits per heavy atom. The number of nitrogens with one attached hydrogen (secondary N) is 1. The zero-order valence-electron chi connectivity index (χ0n) is 64.0. The molecule has 4 aliphatic carbocycles. The van der Waals surface area contributed by atoms with Crippen molar-refractivity contribution in [1.82, 2.24) is 65.0 Å². The molecular formula is C79H97ClN21O8S-. The Labute approximate surface area is 649 Å². The van der Waals surface area contributed by atoms with Gasteiger partial charge in [-0.3, -0.25) is 53.0 Å². The summed E-state index contributed by atoms with van der Waals surface area (Å²) in [5, 5.41) is 7.49. The molecule has 0 saturated heterocycles. The average Bonchev–Trinajstić information content (AvgIpc) is 1.22. The number of hydrogen-bond acceptors (Lipinski definition) is 24. The van der Waals surface area contributed by atoms with Gasteiger partial charge in [0, 0.05) is 77.9 Å². The Morgan fingerprint density at radius 1 is 0.473 bits per heavy atom. The molecule has 0 spiro atoms. The van der Waals surface area contributed by atoms with Crippen LogP contribution in [0.4, 0.5) is 46.0 Å². The smallest absolute Gasteiger partial charge is 0.249 e. The number of aromatic nitrogens is 13. The van der Waals surface area contributed by atoms with E-state index < -0.39 is 11.1 Å². The molecule has 4 amide bonds. The van der Waals surface area contributed by atoms with Gasteiger partial charge in [-0.05, 0) is 136 Å². The number of Topliss-reactive ketones (excluding diaryl/α,β-unsaturated/α-hetero) is 2. The zero-order chi connectivity index (χ0) is 77.9. The number of hydrogen-bond donors (Lipinski definition) is 1. The van der Waals surface area contributed by atoms with Crippen molar-refractivity contribution in [2.24, 2.45) is 0 Å². The number of aromatic amines is 1. The minimum absolute atomic E-state index is 0.00981. The molecule has 4 aliphatic heterocycles. The largest absolute Gasteiger partial charge is 0.772 e. The van der Waals surface area contributed by atoms with Crippen LogP contribution in [-0.2, 0) is 42.4 Å². The van der Waals surface area contributed by atoms with Gasteiger partial charge < -0.3 is 43.8 Å². The number of anilines is 8. The normalized spacial score (nSPS) is 20.2. The van der Waals surface area contributed by atoms with Gasteiger partial charge in [-0.25, -0.2) is 34.9 Å². The van der Waals surface area contributed by atoms with E-state index in [9.17, 15) is 37.5 Å². The van der Waals surface area contributed by atoms with Crippen molar-refractivity contribution < 1.29 is 37.5 Å². The molecule has 5 atom stereocenters. The lowest BCUT2D eigenvalue weighted by Crippen LogP contribution is -2.55. The summed E-state index contributed by atoms with van der Waals surface area (Å²) in [7, 11) is 7.10. The van der Waals surface area contributed by atoms with Gasteiger partial charge in [0.15, 0.2) is 40.7 Å². The molecule has 29 nitrogen and oxygen atoms in total. The first-order valence-electron chi connectivity index (χ1n) is 38.5. The Morgan fingerprint density at radius 2 is 0.845 bits per heavy atom. The fraction of sp³-hybridized carbons (Fsp3) is 0.494. The molecular weight excluding hydrogens is 1440 g/mol. The van der Waals surface area contributed by atoms with E-state index >= 15 is 0 Å². The molecule has 8 aromatic rings.